The lowest BCUT2D eigenvalue weighted by Gasteiger charge is -2.30. The third-order valence-electron chi connectivity index (χ3n) is 4.80. The van der Waals surface area contributed by atoms with Crippen LogP contribution >= 0.6 is 11.6 Å². The van der Waals surface area contributed by atoms with Crippen molar-refractivity contribution >= 4 is 22.6 Å². The molecule has 3 rings (SSSR count). The van der Waals surface area contributed by atoms with Crippen LogP contribution in [0, 0.1) is 12.8 Å². The topological polar surface area (TPSA) is 17.8 Å². The summed E-state index contributed by atoms with van der Waals surface area (Å²) in [4.78, 5) is 4.74. The van der Waals surface area contributed by atoms with Gasteiger partial charge in [-0.2, -0.15) is 0 Å². The molecule has 2 nitrogen and oxygen atoms in total. The van der Waals surface area contributed by atoms with E-state index >= 15 is 0 Å². The molecule has 1 aromatic heterocycles. The number of fused-ring (bicyclic) bond motifs is 1. The molecule has 0 atom stereocenters. The summed E-state index contributed by atoms with van der Waals surface area (Å²) >= 11 is 6.14. The second-order valence-electron chi connectivity index (χ2n) is 6.11. The fourth-order valence-corrected chi connectivity index (χ4v) is 3.76. The van der Waals surface area contributed by atoms with Gasteiger partial charge in [0.25, 0.3) is 0 Å². The number of imidazole rings is 1. The van der Waals surface area contributed by atoms with Crippen LogP contribution < -0.4 is 0 Å². The van der Waals surface area contributed by atoms with Gasteiger partial charge in [0.2, 0.25) is 0 Å². The first-order valence-electron chi connectivity index (χ1n) is 7.76. The maximum atomic E-state index is 6.14. The van der Waals surface area contributed by atoms with Gasteiger partial charge in [-0.05, 0) is 56.2 Å². The molecule has 1 saturated carbocycles. The third kappa shape index (κ3) is 2.46. The average Bonchev–Trinajstić information content (AvgIpc) is 2.84. The summed E-state index contributed by atoms with van der Waals surface area (Å²) in [5, 5.41) is 0. The van der Waals surface area contributed by atoms with Crippen molar-refractivity contribution in [2.75, 3.05) is 0 Å². The lowest BCUT2D eigenvalue weighted by Crippen LogP contribution is -2.19. The Morgan fingerprint density at radius 2 is 2.00 bits per heavy atom. The molecule has 0 spiro atoms. The van der Waals surface area contributed by atoms with E-state index in [2.05, 4.69) is 36.6 Å². The maximum absolute atomic E-state index is 6.14. The van der Waals surface area contributed by atoms with Crippen LogP contribution in [0.3, 0.4) is 0 Å². The monoisotopic (exact) mass is 290 g/mol. The molecule has 1 fully saturated rings. The number of aromatic nitrogens is 2. The van der Waals surface area contributed by atoms with Gasteiger partial charge in [-0.1, -0.05) is 19.4 Å². The van der Waals surface area contributed by atoms with Gasteiger partial charge < -0.3 is 4.57 Å². The highest BCUT2D eigenvalue weighted by Gasteiger charge is 2.24. The first-order chi connectivity index (χ1) is 9.72. The maximum Gasteiger partial charge on any atom is 0.125 e. The highest BCUT2D eigenvalue weighted by Crippen LogP contribution is 2.36. The number of halogens is 1. The highest BCUT2D eigenvalue weighted by molar-refractivity contribution is 6.16. The zero-order valence-electron chi connectivity index (χ0n) is 12.4. The van der Waals surface area contributed by atoms with Gasteiger partial charge in [0.05, 0.1) is 16.9 Å². The molecule has 3 heteroatoms. The molecule has 1 aromatic carbocycles. The predicted molar refractivity (Wildman–Crippen MR) is 85.3 cm³/mol. The van der Waals surface area contributed by atoms with E-state index in [1.165, 1.54) is 43.2 Å². The molecule has 0 radical (unpaired) electrons. The van der Waals surface area contributed by atoms with Crippen LogP contribution in [0.25, 0.3) is 11.0 Å². The number of hydrogen-bond donors (Lipinski definition) is 0. The van der Waals surface area contributed by atoms with Crippen molar-refractivity contribution in [1.82, 2.24) is 9.55 Å². The summed E-state index contributed by atoms with van der Waals surface area (Å²) in [6.45, 7) is 4.43. The van der Waals surface area contributed by atoms with E-state index < -0.39 is 0 Å². The molecule has 1 aliphatic rings. The molecule has 1 aliphatic carbocycles. The molecule has 0 N–H and O–H groups in total. The quantitative estimate of drug-likeness (QED) is 0.708. The van der Waals surface area contributed by atoms with Gasteiger partial charge >= 0.3 is 0 Å². The van der Waals surface area contributed by atoms with Crippen LogP contribution in [0.1, 0.15) is 56.5 Å². The van der Waals surface area contributed by atoms with E-state index in [1.807, 2.05) is 0 Å². The average molecular weight is 291 g/mol. The summed E-state index contributed by atoms with van der Waals surface area (Å²) in [5.41, 5.74) is 3.61. The first-order valence-corrected chi connectivity index (χ1v) is 8.29. The van der Waals surface area contributed by atoms with Crippen LogP contribution in [0.2, 0.25) is 0 Å². The van der Waals surface area contributed by atoms with Crippen LogP contribution in [-0.4, -0.2) is 9.55 Å². The van der Waals surface area contributed by atoms with Crippen molar-refractivity contribution in [2.24, 2.45) is 5.92 Å². The molecule has 0 aliphatic heterocycles. The van der Waals surface area contributed by atoms with E-state index in [1.54, 1.807) is 0 Å². The van der Waals surface area contributed by atoms with Crippen LogP contribution in [0.4, 0.5) is 0 Å². The SMILES string of the molecule is CCC1CCC(n2c(CCl)nc3cc(C)ccc32)CC1. The summed E-state index contributed by atoms with van der Waals surface area (Å²) in [6, 6.07) is 7.13. The van der Waals surface area contributed by atoms with E-state index in [-0.39, 0.29) is 0 Å². The Morgan fingerprint density at radius 3 is 2.65 bits per heavy atom. The molecule has 2 aromatic rings. The normalized spacial score (nSPS) is 23.4. The molecule has 0 amide bonds. The van der Waals surface area contributed by atoms with Gasteiger partial charge in [0, 0.05) is 6.04 Å². The van der Waals surface area contributed by atoms with Crippen molar-refractivity contribution in [3.8, 4) is 0 Å². The Bertz CT molecular complexity index is 594. The predicted octanol–water partition coefficient (Wildman–Crippen LogP) is 5.22. The molecular formula is C17H23ClN2. The van der Waals surface area contributed by atoms with Crippen LogP contribution in [0.15, 0.2) is 18.2 Å². The number of benzene rings is 1. The van der Waals surface area contributed by atoms with Crippen LogP contribution in [-0.2, 0) is 5.88 Å². The molecular weight excluding hydrogens is 268 g/mol. The molecule has 0 saturated heterocycles. The molecule has 20 heavy (non-hydrogen) atoms. The second kappa shape index (κ2) is 5.77. The Labute approximate surface area is 126 Å². The standard InChI is InChI=1S/C17H23ClN2/c1-3-13-5-7-14(8-6-13)20-16-9-4-12(2)10-15(16)19-17(20)11-18/h4,9-10,13-14H,3,5-8,11H2,1-2H3. The van der Waals surface area contributed by atoms with Gasteiger partial charge in [0.15, 0.2) is 0 Å². The number of rotatable bonds is 3. The third-order valence-corrected chi connectivity index (χ3v) is 5.04. The zero-order valence-corrected chi connectivity index (χ0v) is 13.2. The number of nitrogens with zero attached hydrogens (tertiary/aromatic N) is 2. The van der Waals surface area contributed by atoms with Crippen LogP contribution in [0.5, 0.6) is 0 Å². The fourth-order valence-electron chi connectivity index (χ4n) is 3.57. The largest absolute Gasteiger partial charge is 0.324 e. The van der Waals surface area contributed by atoms with E-state index in [0.717, 1.165) is 17.3 Å². The molecule has 1 heterocycles. The van der Waals surface area contributed by atoms with Crippen molar-refractivity contribution in [3.63, 3.8) is 0 Å². The molecule has 0 unspecified atom stereocenters. The molecule has 0 bridgehead atoms. The first kappa shape index (κ1) is 13.9. The summed E-state index contributed by atoms with van der Waals surface area (Å²) < 4.78 is 2.41. The summed E-state index contributed by atoms with van der Waals surface area (Å²) in [7, 11) is 0. The number of aryl methyl sites for hydroxylation is 1. The summed E-state index contributed by atoms with van der Waals surface area (Å²) in [5.74, 6) is 2.46. The lowest BCUT2D eigenvalue weighted by atomic mass is 9.84. The minimum atomic E-state index is 0.501. The van der Waals surface area contributed by atoms with E-state index in [9.17, 15) is 0 Å². The Hall–Kier alpha value is -1.02. The second-order valence-corrected chi connectivity index (χ2v) is 6.37. The lowest BCUT2D eigenvalue weighted by molar-refractivity contribution is 0.270. The minimum absolute atomic E-state index is 0.501. The zero-order chi connectivity index (χ0) is 14.1. The van der Waals surface area contributed by atoms with Crippen molar-refractivity contribution in [2.45, 2.75) is 57.9 Å². The Kier molecular flexibility index (Phi) is 4.02. The number of alkyl halides is 1. The highest BCUT2D eigenvalue weighted by atomic mass is 35.5. The smallest absolute Gasteiger partial charge is 0.125 e. The van der Waals surface area contributed by atoms with Gasteiger partial charge in [-0.25, -0.2) is 4.98 Å². The van der Waals surface area contributed by atoms with Crippen molar-refractivity contribution in [1.29, 1.82) is 0 Å². The van der Waals surface area contributed by atoms with Gasteiger partial charge in [-0.3, -0.25) is 0 Å². The van der Waals surface area contributed by atoms with E-state index in [0.29, 0.717) is 11.9 Å². The number of hydrogen-bond acceptors (Lipinski definition) is 1. The summed E-state index contributed by atoms with van der Waals surface area (Å²) in [6.07, 6.45) is 6.53. The molecule has 108 valence electrons. The van der Waals surface area contributed by atoms with Gasteiger partial charge in [0.1, 0.15) is 5.82 Å². The minimum Gasteiger partial charge on any atom is -0.324 e. The van der Waals surface area contributed by atoms with E-state index in [4.69, 9.17) is 16.6 Å². The van der Waals surface area contributed by atoms with Crippen molar-refractivity contribution < 1.29 is 0 Å². The Balaban J connectivity index is 1.97. The fraction of sp³-hybridized carbons (Fsp3) is 0.588. The van der Waals surface area contributed by atoms with Crippen molar-refractivity contribution in [3.05, 3.63) is 29.6 Å². The Morgan fingerprint density at radius 1 is 1.25 bits per heavy atom. The van der Waals surface area contributed by atoms with Gasteiger partial charge in [-0.15, -0.1) is 11.6 Å².